The molecule has 0 aromatic carbocycles. The van der Waals surface area contributed by atoms with Gasteiger partial charge in [-0.05, 0) is 5.57 Å². The first-order chi connectivity index (χ1) is 8.82. The van der Waals surface area contributed by atoms with Crippen molar-refractivity contribution in [3.63, 3.8) is 0 Å². The van der Waals surface area contributed by atoms with Gasteiger partial charge in [-0.15, -0.1) is 23.2 Å². The Balaban J connectivity index is 2.52. The Morgan fingerprint density at radius 1 is 1.20 bits per heavy atom. The van der Waals surface area contributed by atoms with Crippen LogP contribution in [-0.2, 0) is 14.6 Å². The first-order valence-electron chi connectivity index (χ1n) is 4.94. The third-order valence-electron chi connectivity index (χ3n) is 3.43. The van der Waals surface area contributed by atoms with E-state index in [4.69, 9.17) is 74.2 Å². The highest BCUT2D eigenvalue weighted by atomic mass is 35.5. The maximum atomic E-state index is 10.7. The van der Waals surface area contributed by atoms with Crippen molar-refractivity contribution in [1.82, 2.24) is 0 Å². The molecule has 1 unspecified atom stereocenters. The minimum atomic E-state index is -4.69. The van der Waals surface area contributed by atoms with Crippen LogP contribution >= 0.6 is 69.6 Å². The van der Waals surface area contributed by atoms with Crippen LogP contribution < -0.4 is 0 Å². The molecule has 0 spiro atoms. The average Bonchev–Trinajstić information content (AvgIpc) is 2.48. The maximum absolute atomic E-state index is 10.7. The molecule has 20 heavy (non-hydrogen) atoms. The SMILES string of the molecule is C=C1C(COS(=O)(=O)O)[C@]2(Cl)C(Cl)=C(Cl)[C@@]1(Cl)C2(Cl)Cl. The summed E-state index contributed by atoms with van der Waals surface area (Å²) in [7, 11) is -4.69. The number of halogens is 6. The summed E-state index contributed by atoms with van der Waals surface area (Å²) in [6.07, 6.45) is 0. The Kier molecular flexibility index (Phi) is 4.18. The molecule has 2 bridgehead atoms. The molecule has 0 amide bonds. The molecule has 1 N–H and O–H groups in total. The zero-order valence-corrected chi connectivity index (χ0v) is 14.7. The van der Waals surface area contributed by atoms with Crippen LogP contribution in [0, 0.1) is 5.92 Å². The smallest absolute Gasteiger partial charge is 0.264 e. The molecule has 114 valence electrons. The van der Waals surface area contributed by atoms with Crippen molar-refractivity contribution in [2.45, 2.75) is 14.1 Å². The van der Waals surface area contributed by atoms with E-state index >= 15 is 0 Å². The molecule has 0 heterocycles. The van der Waals surface area contributed by atoms with Crippen molar-refractivity contribution in [3.05, 3.63) is 22.2 Å². The molecular formula is C9H6Cl6O4S. The zero-order chi connectivity index (χ0) is 15.7. The Morgan fingerprint density at radius 2 is 1.70 bits per heavy atom. The number of fused-ring (bicyclic) bond motifs is 2. The van der Waals surface area contributed by atoms with E-state index in [1.807, 2.05) is 0 Å². The lowest BCUT2D eigenvalue weighted by Gasteiger charge is -2.32. The van der Waals surface area contributed by atoms with Crippen molar-refractivity contribution >= 4 is 80.0 Å². The van der Waals surface area contributed by atoms with E-state index in [1.54, 1.807) is 0 Å². The molecule has 0 aliphatic heterocycles. The lowest BCUT2D eigenvalue weighted by Crippen LogP contribution is -2.45. The van der Waals surface area contributed by atoms with Gasteiger partial charge in [0, 0.05) is 5.92 Å². The van der Waals surface area contributed by atoms with Crippen LogP contribution in [-0.4, -0.2) is 33.7 Å². The van der Waals surface area contributed by atoms with Crippen molar-refractivity contribution in [3.8, 4) is 0 Å². The lowest BCUT2D eigenvalue weighted by atomic mass is 9.89. The van der Waals surface area contributed by atoms with Gasteiger partial charge < -0.3 is 0 Å². The van der Waals surface area contributed by atoms with Crippen molar-refractivity contribution in [1.29, 1.82) is 0 Å². The van der Waals surface area contributed by atoms with Gasteiger partial charge in [0.05, 0.1) is 16.7 Å². The second kappa shape index (κ2) is 4.79. The first-order valence-corrected chi connectivity index (χ1v) is 8.58. The predicted molar refractivity (Wildman–Crippen MR) is 80.5 cm³/mol. The summed E-state index contributed by atoms with van der Waals surface area (Å²) in [5.41, 5.74) is 0.150. The highest BCUT2D eigenvalue weighted by molar-refractivity contribution is 7.80. The first kappa shape index (κ1) is 17.4. The molecule has 0 aromatic rings. The molecule has 1 fully saturated rings. The van der Waals surface area contributed by atoms with E-state index in [9.17, 15) is 8.42 Å². The molecule has 2 rings (SSSR count). The fourth-order valence-electron chi connectivity index (χ4n) is 2.40. The standard InChI is InChI=1S/C9H6Cl6O4S/c1-3-4(2-19-20(16,17)18)8(13)6(11)5(10)7(3,12)9(8,14)15/h4H,1-2H2,(H,16,17,18)/t4?,7-,8+/m1/s1. The van der Waals surface area contributed by atoms with Gasteiger partial charge in [-0.25, -0.2) is 4.18 Å². The molecule has 11 heteroatoms. The Morgan fingerprint density at radius 3 is 2.10 bits per heavy atom. The topological polar surface area (TPSA) is 63.6 Å². The summed E-state index contributed by atoms with van der Waals surface area (Å²) in [5, 5.41) is -0.189. The number of rotatable bonds is 3. The third-order valence-corrected chi connectivity index (χ3v) is 8.12. The number of hydrogen-bond acceptors (Lipinski definition) is 3. The molecule has 2 aliphatic rings. The van der Waals surface area contributed by atoms with Gasteiger partial charge in [-0.1, -0.05) is 53.0 Å². The number of hydrogen-bond donors (Lipinski definition) is 1. The van der Waals surface area contributed by atoms with Crippen molar-refractivity contribution in [2.75, 3.05) is 6.61 Å². The van der Waals surface area contributed by atoms with E-state index in [1.165, 1.54) is 0 Å². The Labute approximate surface area is 145 Å². The summed E-state index contributed by atoms with van der Waals surface area (Å²) in [5.74, 6) is -0.964. The zero-order valence-electron chi connectivity index (χ0n) is 9.34. The fraction of sp³-hybridized carbons (Fsp3) is 0.556. The molecule has 2 aliphatic carbocycles. The fourth-order valence-corrected chi connectivity index (χ4v) is 5.57. The van der Waals surface area contributed by atoms with Gasteiger partial charge in [0.2, 0.25) is 0 Å². The molecule has 0 aromatic heterocycles. The highest BCUT2D eigenvalue weighted by Gasteiger charge is 2.80. The average molecular weight is 423 g/mol. The Hall–Kier alpha value is 1.09. The van der Waals surface area contributed by atoms with E-state index in [0.717, 1.165) is 0 Å². The summed E-state index contributed by atoms with van der Waals surface area (Å²) >= 11 is 37.2. The van der Waals surface area contributed by atoms with Gasteiger partial charge in [-0.2, -0.15) is 8.42 Å². The monoisotopic (exact) mass is 420 g/mol. The maximum Gasteiger partial charge on any atom is 0.397 e. The molecule has 4 nitrogen and oxygen atoms in total. The quantitative estimate of drug-likeness (QED) is 0.426. The van der Waals surface area contributed by atoms with E-state index in [0.29, 0.717) is 0 Å². The minimum absolute atomic E-state index is 0.0751. The van der Waals surface area contributed by atoms with Crippen LogP contribution in [0.4, 0.5) is 0 Å². The highest BCUT2D eigenvalue weighted by Crippen LogP contribution is 2.75. The largest absolute Gasteiger partial charge is 0.397 e. The van der Waals surface area contributed by atoms with Crippen LogP contribution in [0.3, 0.4) is 0 Å². The van der Waals surface area contributed by atoms with Gasteiger partial charge in [0.25, 0.3) is 0 Å². The minimum Gasteiger partial charge on any atom is -0.264 e. The van der Waals surface area contributed by atoms with E-state index < -0.39 is 37.0 Å². The summed E-state index contributed by atoms with van der Waals surface area (Å²) < 4.78 is 32.4. The van der Waals surface area contributed by atoms with Gasteiger partial charge >= 0.3 is 10.4 Å². The van der Waals surface area contributed by atoms with Gasteiger partial charge in [0.1, 0.15) is 9.75 Å². The Bertz CT molecular complexity index is 628. The third kappa shape index (κ3) is 1.92. The van der Waals surface area contributed by atoms with Crippen LogP contribution in [0.25, 0.3) is 0 Å². The van der Waals surface area contributed by atoms with Crippen molar-refractivity contribution in [2.24, 2.45) is 5.92 Å². The van der Waals surface area contributed by atoms with Gasteiger partial charge in [0.15, 0.2) is 4.33 Å². The molecule has 0 radical (unpaired) electrons. The van der Waals surface area contributed by atoms with Crippen molar-refractivity contribution < 1.29 is 17.2 Å². The molecule has 1 saturated carbocycles. The second-order valence-electron chi connectivity index (χ2n) is 4.36. The number of alkyl halides is 4. The van der Waals surface area contributed by atoms with Crippen LogP contribution in [0.2, 0.25) is 0 Å². The summed E-state index contributed by atoms with van der Waals surface area (Å²) in [4.78, 5) is -3.37. The summed E-state index contributed by atoms with van der Waals surface area (Å²) in [6, 6.07) is 0. The van der Waals surface area contributed by atoms with E-state index in [2.05, 4.69) is 10.8 Å². The predicted octanol–water partition coefficient (Wildman–Crippen LogP) is 3.82. The van der Waals surface area contributed by atoms with E-state index in [-0.39, 0.29) is 15.6 Å². The molecule has 3 atom stereocenters. The second-order valence-corrected chi connectivity index (χ2v) is 8.70. The lowest BCUT2D eigenvalue weighted by molar-refractivity contribution is 0.228. The van der Waals surface area contributed by atoms with Crippen LogP contribution in [0.5, 0.6) is 0 Å². The van der Waals surface area contributed by atoms with Crippen LogP contribution in [0.15, 0.2) is 22.2 Å². The summed E-state index contributed by atoms with van der Waals surface area (Å²) in [6.45, 7) is 3.11. The normalized spacial score (nSPS) is 39.8. The van der Waals surface area contributed by atoms with Gasteiger partial charge in [-0.3, -0.25) is 4.55 Å². The number of allylic oxidation sites excluding steroid dienone is 2. The van der Waals surface area contributed by atoms with Crippen LogP contribution in [0.1, 0.15) is 0 Å². The molecular weight excluding hydrogens is 417 g/mol. The molecule has 0 saturated heterocycles.